The van der Waals surface area contributed by atoms with Crippen LogP contribution in [0.5, 0.6) is 0 Å². The third-order valence-corrected chi connectivity index (χ3v) is 7.77. The van der Waals surface area contributed by atoms with Crippen LogP contribution in [0.25, 0.3) is 5.76 Å². The van der Waals surface area contributed by atoms with Crippen molar-refractivity contribution < 1.29 is 4.74 Å². The average molecular weight is 424 g/mol. The molecule has 1 saturated heterocycles. The summed E-state index contributed by atoms with van der Waals surface area (Å²) in [6.07, 6.45) is 11.0. The second-order valence-corrected chi connectivity index (χ2v) is 11.1. The topological polar surface area (TPSA) is 12.5 Å². The first kappa shape index (κ1) is 24.1. The van der Waals surface area contributed by atoms with E-state index in [1.807, 2.05) is 0 Å². The van der Waals surface area contributed by atoms with Gasteiger partial charge in [0, 0.05) is 11.5 Å². The standard InChI is InChI=1S/C29H45NO/c1-8-10-11-18-30-19-14-23(15-20-30)27(9-2)31-22(3)24-12-13-25-26(21-24)29(6,7)17-16-28(25,4)5/h9,12-13,21,23H,3,8,10-11,14-20H2,1-2,4-7H3/b27-9-. The summed E-state index contributed by atoms with van der Waals surface area (Å²) in [6, 6.07) is 6.89. The normalized spacial score (nSPS) is 21.5. The van der Waals surface area contributed by atoms with Crippen LogP contribution in [0.2, 0.25) is 0 Å². The van der Waals surface area contributed by atoms with Crippen LogP contribution in [0, 0.1) is 5.92 Å². The molecule has 0 spiro atoms. The second kappa shape index (κ2) is 9.94. The Bertz CT molecular complexity index is 793. The van der Waals surface area contributed by atoms with E-state index in [0.29, 0.717) is 5.92 Å². The molecule has 0 atom stereocenters. The molecular weight excluding hydrogens is 378 g/mol. The maximum absolute atomic E-state index is 6.42. The predicted molar refractivity (Wildman–Crippen MR) is 134 cm³/mol. The van der Waals surface area contributed by atoms with E-state index in [1.54, 1.807) is 0 Å². The fourth-order valence-corrected chi connectivity index (χ4v) is 5.37. The van der Waals surface area contributed by atoms with E-state index in [4.69, 9.17) is 4.74 Å². The zero-order chi connectivity index (χ0) is 22.6. The van der Waals surface area contributed by atoms with E-state index in [2.05, 4.69) is 77.3 Å². The molecule has 0 radical (unpaired) electrons. The number of unbranched alkanes of at least 4 members (excludes halogenated alkanes) is 2. The van der Waals surface area contributed by atoms with Crippen molar-refractivity contribution in [2.45, 2.75) is 97.3 Å². The highest BCUT2D eigenvalue weighted by Crippen LogP contribution is 2.46. The van der Waals surface area contributed by atoms with Crippen LogP contribution >= 0.6 is 0 Å². The molecule has 1 aromatic carbocycles. The molecule has 0 unspecified atom stereocenters. The maximum Gasteiger partial charge on any atom is 0.126 e. The number of fused-ring (bicyclic) bond motifs is 1. The number of nitrogens with zero attached hydrogens (tertiary/aromatic N) is 1. The lowest BCUT2D eigenvalue weighted by molar-refractivity contribution is 0.168. The van der Waals surface area contributed by atoms with Gasteiger partial charge in [-0.2, -0.15) is 0 Å². The van der Waals surface area contributed by atoms with Gasteiger partial charge in [0.05, 0.1) is 0 Å². The lowest BCUT2D eigenvalue weighted by Gasteiger charge is -2.42. The molecule has 2 aliphatic rings. The van der Waals surface area contributed by atoms with Gasteiger partial charge in [0.25, 0.3) is 0 Å². The van der Waals surface area contributed by atoms with Crippen molar-refractivity contribution in [3.63, 3.8) is 0 Å². The smallest absolute Gasteiger partial charge is 0.126 e. The van der Waals surface area contributed by atoms with Crippen LogP contribution in [-0.2, 0) is 15.6 Å². The fraction of sp³-hybridized carbons (Fsp3) is 0.655. The number of likely N-dealkylation sites (tertiary alicyclic amines) is 1. The van der Waals surface area contributed by atoms with Gasteiger partial charge in [-0.1, -0.05) is 66.2 Å². The van der Waals surface area contributed by atoms with Gasteiger partial charge < -0.3 is 9.64 Å². The maximum atomic E-state index is 6.42. The Balaban J connectivity index is 1.66. The predicted octanol–water partition coefficient (Wildman–Crippen LogP) is 7.83. The van der Waals surface area contributed by atoms with E-state index < -0.39 is 0 Å². The molecule has 0 bridgehead atoms. The third kappa shape index (κ3) is 5.64. The monoisotopic (exact) mass is 423 g/mol. The first-order valence-electron chi connectivity index (χ1n) is 12.6. The Morgan fingerprint density at radius 3 is 2.32 bits per heavy atom. The summed E-state index contributed by atoms with van der Waals surface area (Å²) in [5.41, 5.74) is 4.52. The summed E-state index contributed by atoms with van der Waals surface area (Å²) in [5, 5.41) is 0. The molecular formula is C29H45NO. The largest absolute Gasteiger partial charge is 0.462 e. The molecule has 2 heteroatoms. The van der Waals surface area contributed by atoms with Crippen molar-refractivity contribution in [2.75, 3.05) is 19.6 Å². The molecule has 172 valence electrons. The highest BCUT2D eigenvalue weighted by atomic mass is 16.5. The van der Waals surface area contributed by atoms with E-state index in [1.165, 1.54) is 75.7 Å². The lowest BCUT2D eigenvalue weighted by atomic mass is 9.63. The Labute approximate surface area is 191 Å². The van der Waals surface area contributed by atoms with E-state index in [0.717, 1.165) is 17.1 Å². The second-order valence-electron chi connectivity index (χ2n) is 11.1. The van der Waals surface area contributed by atoms with Crippen LogP contribution in [0.1, 0.15) is 103 Å². The summed E-state index contributed by atoms with van der Waals surface area (Å²) in [4.78, 5) is 2.63. The van der Waals surface area contributed by atoms with Crippen LogP contribution in [0.3, 0.4) is 0 Å². The average Bonchev–Trinajstić information content (AvgIpc) is 2.76. The number of rotatable bonds is 8. The van der Waals surface area contributed by atoms with Crippen LogP contribution in [-0.4, -0.2) is 24.5 Å². The molecule has 1 fully saturated rings. The number of ether oxygens (including phenoxy) is 1. The van der Waals surface area contributed by atoms with Gasteiger partial charge in [0.15, 0.2) is 0 Å². The Hall–Kier alpha value is -1.54. The number of hydrogen-bond donors (Lipinski definition) is 0. The zero-order valence-corrected chi connectivity index (χ0v) is 21.0. The molecule has 1 aliphatic carbocycles. The summed E-state index contributed by atoms with van der Waals surface area (Å²) in [5.74, 6) is 2.41. The fourth-order valence-electron chi connectivity index (χ4n) is 5.37. The van der Waals surface area contributed by atoms with Crippen LogP contribution in [0.4, 0.5) is 0 Å². The highest BCUT2D eigenvalue weighted by molar-refractivity contribution is 5.61. The Morgan fingerprint density at radius 1 is 1.06 bits per heavy atom. The van der Waals surface area contributed by atoms with E-state index >= 15 is 0 Å². The van der Waals surface area contributed by atoms with Gasteiger partial charge in [0.1, 0.15) is 11.5 Å². The van der Waals surface area contributed by atoms with E-state index in [-0.39, 0.29) is 10.8 Å². The van der Waals surface area contributed by atoms with Crippen molar-refractivity contribution >= 4 is 5.76 Å². The van der Waals surface area contributed by atoms with Crippen LogP contribution < -0.4 is 0 Å². The van der Waals surface area contributed by atoms with E-state index in [9.17, 15) is 0 Å². The molecule has 0 saturated carbocycles. The lowest BCUT2D eigenvalue weighted by Crippen LogP contribution is -2.35. The summed E-state index contributed by atoms with van der Waals surface area (Å²) < 4.78 is 6.42. The summed E-state index contributed by atoms with van der Waals surface area (Å²) in [7, 11) is 0. The van der Waals surface area contributed by atoms with Crippen molar-refractivity contribution in [1.29, 1.82) is 0 Å². The quantitative estimate of drug-likeness (QED) is 0.312. The third-order valence-electron chi connectivity index (χ3n) is 7.77. The summed E-state index contributed by atoms with van der Waals surface area (Å²) in [6.45, 7) is 21.8. The van der Waals surface area contributed by atoms with Gasteiger partial charge in [-0.05, 0) is 92.8 Å². The molecule has 0 N–H and O–H groups in total. The minimum absolute atomic E-state index is 0.204. The Kier molecular flexibility index (Phi) is 7.73. The molecule has 0 amide bonds. The van der Waals surface area contributed by atoms with Gasteiger partial charge in [0.2, 0.25) is 0 Å². The molecule has 31 heavy (non-hydrogen) atoms. The first-order chi connectivity index (χ1) is 14.7. The van der Waals surface area contributed by atoms with Crippen molar-refractivity contribution in [1.82, 2.24) is 4.90 Å². The number of hydrogen-bond acceptors (Lipinski definition) is 2. The SMILES string of the molecule is C=C(O/C(=C\C)C1CCN(CCCCC)CC1)c1ccc2c(c1)C(C)(C)CCC2(C)C. The number of allylic oxidation sites excluding steroid dienone is 2. The van der Waals surface area contributed by atoms with Crippen molar-refractivity contribution in [3.8, 4) is 0 Å². The zero-order valence-electron chi connectivity index (χ0n) is 21.0. The molecule has 1 aromatic rings. The van der Waals surface area contributed by atoms with Gasteiger partial charge in [-0.25, -0.2) is 0 Å². The van der Waals surface area contributed by atoms with Gasteiger partial charge in [-0.15, -0.1) is 0 Å². The minimum Gasteiger partial charge on any atom is -0.462 e. The molecule has 1 heterocycles. The highest BCUT2D eigenvalue weighted by Gasteiger charge is 2.37. The molecule has 0 aromatic heterocycles. The van der Waals surface area contributed by atoms with Crippen LogP contribution in [0.15, 0.2) is 36.6 Å². The Morgan fingerprint density at radius 2 is 1.71 bits per heavy atom. The van der Waals surface area contributed by atoms with Gasteiger partial charge in [-0.3, -0.25) is 0 Å². The molecule has 2 nitrogen and oxygen atoms in total. The molecule has 1 aliphatic heterocycles. The van der Waals surface area contributed by atoms with Gasteiger partial charge >= 0.3 is 0 Å². The number of benzene rings is 1. The minimum atomic E-state index is 0.204. The van der Waals surface area contributed by atoms with Crippen molar-refractivity contribution in [2.24, 2.45) is 5.92 Å². The molecule has 3 rings (SSSR count). The number of piperidine rings is 1. The van der Waals surface area contributed by atoms with Crippen molar-refractivity contribution in [3.05, 3.63) is 53.3 Å². The first-order valence-corrected chi connectivity index (χ1v) is 12.6. The summed E-state index contributed by atoms with van der Waals surface area (Å²) >= 11 is 0.